The van der Waals surface area contributed by atoms with Gasteiger partial charge in [-0.25, -0.2) is 8.42 Å². The van der Waals surface area contributed by atoms with E-state index in [1.165, 1.54) is 0 Å². The number of hydrogen-bond acceptors (Lipinski definition) is 4. The Balaban J connectivity index is 4.52. The van der Waals surface area contributed by atoms with Gasteiger partial charge >= 0.3 is 0 Å². The molecular weight excluding hydrogens is 328 g/mol. The third-order valence-corrected chi connectivity index (χ3v) is 4.94. The first-order valence-corrected chi connectivity index (χ1v) is 10.5. The predicted molar refractivity (Wildman–Crippen MR) is 96.5 cm³/mol. The summed E-state index contributed by atoms with van der Waals surface area (Å²) in [6, 6.07) is 0. The van der Waals surface area contributed by atoms with Gasteiger partial charge in [-0.15, -0.1) is 0 Å². The molecular formula is C17H34N2O4S. The number of nitrogens with zero attached hydrogens (tertiary/aromatic N) is 1. The second-order valence-corrected chi connectivity index (χ2v) is 8.12. The molecule has 0 rings (SSSR count). The van der Waals surface area contributed by atoms with Crippen LogP contribution in [0.3, 0.4) is 0 Å². The molecule has 0 aliphatic carbocycles. The summed E-state index contributed by atoms with van der Waals surface area (Å²) in [6.45, 7) is 14.1. The quantitative estimate of drug-likeness (QED) is 0.222. The molecule has 1 N–H and O–H groups in total. The lowest BCUT2D eigenvalue weighted by atomic mass is 10.2. The molecule has 24 heavy (non-hydrogen) atoms. The maximum atomic E-state index is 11.5. The Morgan fingerprint density at radius 2 is 1.58 bits per heavy atom. The van der Waals surface area contributed by atoms with E-state index in [-0.39, 0.29) is 11.7 Å². The van der Waals surface area contributed by atoms with Crippen LogP contribution >= 0.6 is 0 Å². The van der Waals surface area contributed by atoms with Crippen LogP contribution in [0.15, 0.2) is 12.2 Å². The fourth-order valence-electron chi connectivity index (χ4n) is 3.11. The number of quaternary nitrogens is 1. The monoisotopic (exact) mass is 362 g/mol. The van der Waals surface area contributed by atoms with Crippen molar-refractivity contribution in [2.45, 2.75) is 52.9 Å². The van der Waals surface area contributed by atoms with Crippen LogP contribution in [0.1, 0.15) is 52.9 Å². The van der Waals surface area contributed by atoms with Crippen molar-refractivity contribution in [2.75, 3.05) is 38.5 Å². The van der Waals surface area contributed by atoms with E-state index >= 15 is 0 Å². The lowest BCUT2D eigenvalue weighted by Crippen LogP contribution is -2.51. The summed E-state index contributed by atoms with van der Waals surface area (Å²) in [5.41, 5.74) is 0.511. The highest BCUT2D eigenvalue weighted by Crippen LogP contribution is 2.14. The van der Waals surface area contributed by atoms with E-state index in [0.29, 0.717) is 18.5 Å². The van der Waals surface area contributed by atoms with E-state index in [1.54, 1.807) is 6.92 Å². The van der Waals surface area contributed by atoms with Gasteiger partial charge in [0.1, 0.15) is 0 Å². The first-order chi connectivity index (χ1) is 11.2. The second-order valence-electron chi connectivity index (χ2n) is 6.59. The molecule has 0 saturated carbocycles. The average molecular weight is 363 g/mol. The predicted octanol–water partition coefficient (Wildman–Crippen LogP) is 2.03. The Bertz CT molecular complexity index is 483. The van der Waals surface area contributed by atoms with Crippen LogP contribution in [0, 0.1) is 0 Å². The average Bonchev–Trinajstić information content (AvgIpc) is 2.47. The van der Waals surface area contributed by atoms with Gasteiger partial charge in [0.05, 0.1) is 36.3 Å². The van der Waals surface area contributed by atoms with Crippen molar-refractivity contribution >= 4 is 16.0 Å². The van der Waals surface area contributed by atoms with Crippen molar-refractivity contribution < 1.29 is 22.2 Å². The summed E-state index contributed by atoms with van der Waals surface area (Å²) >= 11 is 0. The van der Waals surface area contributed by atoms with Crippen molar-refractivity contribution in [1.29, 1.82) is 0 Å². The van der Waals surface area contributed by atoms with Gasteiger partial charge in [-0.05, 0) is 32.6 Å². The third kappa shape index (κ3) is 10.8. The van der Waals surface area contributed by atoms with Crippen LogP contribution in [-0.4, -0.2) is 61.8 Å². The first kappa shape index (κ1) is 23.1. The molecule has 0 spiro atoms. The molecule has 0 fully saturated rings. The summed E-state index contributed by atoms with van der Waals surface area (Å²) in [7, 11) is -4.12. The highest BCUT2D eigenvalue weighted by Gasteiger charge is 2.24. The molecule has 6 nitrogen and oxygen atoms in total. The lowest BCUT2D eigenvalue weighted by molar-refractivity contribution is -0.928. The molecule has 0 saturated heterocycles. The molecule has 0 aliphatic rings. The summed E-state index contributed by atoms with van der Waals surface area (Å²) in [6.07, 6.45) is 4.14. The van der Waals surface area contributed by atoms with E-state index in [0.717, 1.165) is 56.3 Å². The van der Waals surface area contributed by atoms with Crippen LogP contribution in [0.2, 0.25) is 0 Å². The van der Waals surface area contributed by atoms with E-state index in [2.05, 4.69) is 25.7 Å². The van der Waals surface area contributed by atoms with Gasteiger partial charge in [0.15, 0.2) is 0 Å². The van der Waals surface area contributed by atoms with Crippen LogP contribution in [0.4, 0.5) is 0 Å². The highest BCUT2D eigenvalue weighted by atomic mass is 32.2. The van der Waals surface area contributed by atoms with Crippen molar-refractivity contribution in [3.63, 3.8) is 0 Å². The molecule has 0 radical (unpaired) electrons. The van der Waals surface area contributed by atoms with Gasteiger partial charge in [0.25, 0.3) is 0 Å². The van der Waals surface area contributed by atoms with Gasteiger partial charge < -0.3 is 14.4 Å². The smallest absolute Gasteiger partial charge is 0.246 e. The maximum absolute atomic E-state index is 11.5. The van der Waals surface area contributed by atoms with Crippen molar-refractivity contribution in [3.05, 3.63) is 12.2 Å². The molecule has 0 aromatic carbocycles. The normalized spacial score (nSPS) is 12.2. The molecule has 0 unspecified atom stereocenters. The Hall–Kier alpha value is -0.920. The Labute approximate surface area is 147 Å². The fraction of sp³-hybridized carbons (Fsp3) is 0.824. The van der Waals surface area contributed by atoms with Crippen molar-refractivity contribution in [1.82, 2.24) is 5.32 Å². The van der Waals surface area contributed by atoms with Crippen molar-refractivity contribution in [2.24, 2.45) is 0 Å². The zero-order chi connectivity index (χ0) is 18.6. The van der Waals surface area contributed by atoms with E-state index in [9.17, 15) is 17.8 Å². The van der Waals surface area contributed by atoms with E-state index < -0.39 is 10.1 Å². The number of carbonyl (C=O) groups excluding carboxylic acids is 1. The van der Waals surface area contributed by atoms with Gasteiger partial charge in [-0.2, -0.15) is 0 Å². The number of nitrogens with one attached hydrogen (secondary N) is 1. The summed E-state index contributed by atoms with van der Waals surface area (Å²) in [4.78, 5) is 11.5. The highest BCUT2D eigenvalue weighted by molar-refractivity contribution is 7.85. The molecule has 142 valence electrons. The SMILES string of the molecule is C=C(C)C(=O)NCCC[N+](CCC)(CCC)CCCCS(=O)(=O)[O-]. The molecule has 0 heterocycles. The standard InChI is InChI=1S/C17H34N2O4S/c1-5-11-19(12-6-2,13-7-8-15-24(21,22)23)14-9-10-18-17(20)16(3)4/h3,5-15H2,1-2,4H3,(H-,18,20,21,22,23). The topological polar surface area (TPSA) is 86.3 Å². The van der Waals surface area contributed by atoms with E-state index in [4.69, 9.17) is 0 Å². The number of rotatable bonds is 14. The van der Waals surface area contributed by atoms with Gasteiger partial charge in [-0.3, -0.25) is 4.79 Å². The zero-order valence-electron chi connectivity index (χ0n) is 15.5. The van der Waals surface area contributed by atoms with Crippen LogP contribution in [0.25, 0.3) is 0 Å². The zero-order valence-corrected chi connectivity index (χ0v) is 16.3. The molecule has 0 aliphatic heterocycles. The largest absolute Gasteiger partial charge is 0.748 e. The molecule has 0 aromatic rings. The lowest BCUT2D eigenvalue weighted by Gasteiger charge is -2.39. The molecule has 1 amide bonds. The van der Waals surface area contributed by atoms with Crippen LogP contribution in [0.5, 0.6) is 0 Å². The van der Waals surface area contributed by atoms with Crippen molar-refractivity contribution in [3.8, 4) is 0 Å². The molecule has 7 heteroatoms. The minimum atomic E-state index is -4.12. The summed E-state index contributed by atoms with van der Waals surface area (Å²) in [5.74, 6) is -0.389. The van der Waals surface area contributed by atoms with E-state index in [1.807, 2.05) is 0 Å². The number of unbranched alkanes of at least 4 members (excludes halogenated alkanes) is 1. The number of hydrogen-bond donors (Lipinski definition) is 1. The second kappa shape index (κ2) is 11.6. The minimum Gasteiger partial charge on any atom is -0.748 e. The maximum Gasteiger partial charge on any atom is 0.246 e. The molecule has 0 aromatic heterocycles. The molecule has 0 bridgehead atoms. The first-order valence-electron chi connectivity index (χ1n) is 8.88. The summed E-state index contributed by atoms with van der Waals surface area (Å²) < 4.78 is 33.1. The van der Waals surface area contributed by atoms with Gasteiger partial charge in [0, 0.05) is 24.3 Å². The number of amides is 1. The fourth-order valence-corrected chi connectivity index (χ4v) is 3.67. The number of carbonyl (C=O) groups is 1. The third-order valence-electron chi connectivity index (χ3n) is 4.16. The minimum absolute atomic E-state index is 0.111. The van der Waals surface area contributed by atoms with Gasteiger partial charge in [-0.1, -0.05) is 20.4 Å². The summed E-state index contributed by atoms with van der Waals surface area (Å²) in [5, 5.41) is 2.86. The van der Waals surface area contributed by atoms with Gasteiger partial charge in [0.2, 0.25) is 5.91 Å². The Kier molecular flexibility index (Phi) is 11.2. The Morgan fingerprint density at radius 3 is 2.04 bits per heavy atom. The Morgan fingerprint density at radius 1 is 1.04 bits per heavy atom. The van der Waals surface area contributed by atoms with Crippen LogP contribution in [-0.2, 0) is 14.9 Å². The molecule has 0 atom stereocenters. The van der Waals surface area contributed by atoms with Crippen LogP contribution < -0.4 is 5.32 Å².